The van der Waals surface area contributed by atoms with Crippen molar-refractivity contribution in [1.82, 2.24) is 5.32 Å². The number of rotatable bonds is 6. The molecule has 3 nitrogen and oxygen atoms in total. The first-order chi connectivity index (χ1) is 9.34. The summed E-state index contributed by atoms with van der Waals surface area (Å²) >= 11 is 0. The summed E-state index contributed by atoms with van der Waals surface area (Å²) in [5.41, 5.74) is -0.877. The molecule has 2 N–H and O–H groups in total. The smallest absolute Gasteiger partial charge is 0.406 e. The molecule has 20 heavy (non-hydrogen) atoms. The molecule has 1 saturated carbocycles. The van der Waals surface area contributed by atoms with Crippen molar-refractivity contribution in [2.24, 2.45) is 0 Å². The van der Waals surface area contributed by atoms with Crippen molar-refractivity contribution < 1.29 is 23.0 Å². The van der Waals surface area contributed by atoms with Gasteiger partial charge in [-0.25, -0.2) is 0 Å². The fourth-order valence-electron chi connectivity index (χ4n) is 1.96. The summed E-state index contributed by atoms with van der Waals surface area (Å²) in [6, 6.07) is 7.28. The van der Waals surface area contributed by atoms with Crippen molar-refractivity contribution in [3.63, 3.8) is 0 Å². The molecule has 6 heteroatoms. The van der Waals surface area contributed by atoms with E-state index in [-0.39, 0.29) is 26.0 Å². The van der Waals surface area contributed by atoms with Crippen LogP contribution in [0.3, 0.4) is 0 Å². The zero-order chi connectivity index (χ0) is 14.8. The van der Waals surface area contributed by atoms with Gasteiger partial charge in [-0.05, 0) is 31.4 Å². The van der Waals surface area contributed by atoms with Crippen molar-refractivity contribution >= 4 is 0 Å². The number of hydrogen-bond acceptors (Lipinski definition) is 3. The molecular weight excluding hydrogens is 271 g/mol. The molecule has 1 atom stereocenters. The van der Waals surface area contributed by atoms with Crippen LogP contribution in [0.5, 0.6) is 5.75 Å². The maximum atomic E-state index is 12.7. The number of hydrogen-bond donors (Lipinski definition) is 2. The second-order valence-corrected chi connectivity index (χ2v) is 5.19. The quantitative estimate of drug-likeness (QED) is 0.845. The molecule has 0 heterocycles. The van der Waals surface area contributed by atoms with E-state index in [0.717, 1.165) is 5.56 Å². The molecule has 1 fully saturated rings. The Labute approximate surface area is 115 Å². The molecule has 0 saturated heterocycles. The van der Waals surface area contributed by atoms with Gasteiger partial charge < -0.3 is 15.2 Å². The van der Waals surface area contributed by atoms with Crippen molar-refractivity contribution in [1.29, 1.82) is 0 Å². The highest BCUT2D eigenvalue weighted by atomic mass is 19.4. The number of nitrogens with one attached hydrogen (secondary N) is 1. The van der Waals surface area contributed by atoms with Gasteiger partial charge in [0.15, 0.2) is 0 Å². The van der Waals surface area contributed by atoms with Crippen LogP contribution < -0.4 is 10.1 Å². The van der Waals surface area contributed by atoms with E-state index in [1.54, 1.807) is 12.1 Å². The van der Waals surface area contributed by atoms with Crippen LogP contribution in [0.2, 0.25) is 0 Å². The van der Waals surface area contributed by atoms with Crippen LogP contribution in [0.1, 0.15) is 18.4 Å². The molecule has 1 aliphatic carbocycles. The fourth-order valence-corrected chi connectivity index (χ4v) is 1.96. The lowest BCUT2D eigenvalue weighted by atomic mass is 10.2. The Balaban J connectivity index is 1.77. The molecule has 0 bridgehead atoms. The van der Waals surface area contributed by atoms with Crippen molar-refractivity contribution in [2.45, 2.75) is 37.6 Å². The number of ether oxygens (including phenoxy) is 1. The van der Waals surface area contributed by atoms with Gasteiger partial charge in [-0.15, -0.1) is 0 Å². The predicted octanol–water partition coefficient (Wildman–Crippen LogP) is 2.42. The molecule has 1 aromatic rings. The lowest BCUT2D eigenvalue weighted by Crippen LogP contribution is -2.48. The van der Waals surface area contributed by atoms with Crippen molar-refractivity contribution in [3.8, 4) is 5.75 Å². The molecule has 1 aliphatic rings. The van der Waals surface area contributed by atoms with Gasteiger partial charge in [0, 0.05) is 6.54 Å². The standard InChI is InChI=1S/C14H18F3NO2/c1-10-4-2-3-5-12(10)20-9-11(19)8-18-13(6-7-13)14(15,16)17/h2-5,11,18-19H,6-9H2,1H3. The van der Waals surface area contributed by atoms with Crippen molar-refractivity contribution in [3.05, 3.63) is 29.8 Å². The Morgan fingerprint density at radius 3 is 2.55 bits per heavy atom. The van der Waals surface area contributed by atoms with Crippen molar-refractivity contribution in [2.75, 3.05) is 13.2 Å². The van der Waals surface area contributed by atoms with E-state index in [1.807, 2.05) is 19.1 Å². The van der Waals surface area contributed by atoms with Crippen LogP contribution in [-0.2, 0) is 0 Å². The first kappa shape index (κ1) is 15.1. The summed E-state index contributed by atoms with van der Waals surface area (Å²) in [6.45, 7) is 1.69. The van der Waals surface area contributed by atoms with Crippen LogP contribution in [0.4, 0.5) is 13.2 Å². The monoisotopic (exact) mass is 289 g/mol. The predicted molar refractivity (Wildman–Crippen MR) is 68.7 cm³/mol. The van der Waals surface area contributed by atoms with Gasteiger partial charge in [0.2, 0.25) is 0 Å². The third-order valence-electron chi connectivity index (χ3n) is 3.49. The maximum absolute atomic E-state index is 12.7. The van der Waals surface area contributed by atoms with E-state index < -0.39 is 17.8 Å². The van der Waals surface area contributed by atoms with Gasteiger partial charge in [0.25, 0.3) is 0 Å². The van der Waals surface area contributed by atoms with Gasteiger partial charge in [-0.3, -0.25) is 0 Å². The highest BCUT2D eigenvalue weighted by molar-refractivity contribution is 5.31. The molecule has 1 aromatic carbocycles. The van der Waals surface area contributed by atoms with Crippen LogP contribution >= 0.6 is 0 Å². The van der Waals surface area contributed by atoms with E-state index in [0.29, 0.717) is 5.75 Å². The lowest BCUT2D eigenvalue weighted by Gasteiger charge is -2.22. The minimum absolute atomic E-state index is 0.0359. The highest BCUT2D eigenvalue weighted by Gasteiger charge is 2.63. The van der Waals surface area contributed by atoms with E-state index in [9.17, 15) is 18.3 Å². The van der Waals surface area contributed by atoms with Gasteiger partial charge in [0.1, 0.15) is 24.0 Å². The van der Waals surface area contributed by atoms with Gasteiger partial charge in [0.05, 0.1) is 0 Å². The number of alkyl halides is 3. The Morgan fingerprint density at radius 1 is 1.35 bits per heavy atom. The Hall–Kier alpha value is -1.27. The second-order valence-electron chi connectivity index (χ2n) is 5.19. The number of β-amino-alcohol motifs (C(OH)–C–C–N with tert-alkyl or cyclic N) is 1. The Bertz CT molecular complexity index is 458. The maximum Gasteiger partial charge on any atom is 0.406 e. The van der Waals surface area contributed by atoms with E-state index >= 15 is 0 Å². The van der Waals surface area contributed by atoms with Crippen LogP contribution in [0.25, 0.3) is 0 Å². The molecule has 2 rings (SSSR count). The summed E-state index contributed by atoms with van der Waals surface area (Å²) in [4.78, 5) is 0. The first-order valence-electron chi connectivity index (χ1n) is 6.52. The Morgan fingerprint density at radius 2 is 2.00 bits per heavy atom. The van der Waals surface area contributed by atoms with E-state index in [1.165, 1.54) is 0 Å². The van der Waals surface area contributed by atoms with Crippen LogP contribution in [-0.4, -0.2) is 36.1 Å². The molecule has 0 aliphatic heterocycles. The highest BCUT2D eigenvalue weighted by Crippen LogP contribution is 2.48. The molecule has 0 spiro atoms. The minimum Gasteiger partial charge on any atom is -0.491 e. The largest absolute Gasteiger partial charge is 0.491 e. The topological polar surface area (TPSA) is 41.5 Å². The average molecular weight is 289 g/mol. The molecule has 0 aromatic heterocycles. The van der Waals surface area contributed by atoms with E-state index in [4.69, 9.17) is 4.74 Å². The fraction of sp³-hybridized carbons (Fsp3) is 0.571. The third-order valence-corrected chi connectivity index (χ3v) is 3.49. The zero-order valence-corrected chi connectivity index (χ0v) is 11.2. The van der Waals surface area contributed by atoms with Gasteiger partial charge >= 0.3 is 6.18 Å². The number of halogens is 3. The third kappa shape index (κ3) is 3.43. The normalized spacial score (nSPS) is 18.6. The molecule has 112 valence electrons. The second kappa shape index (κ2) is 5.61. The van der Waals surface area contributed by atoms with Gasteiger partial charge in [-0.1, -0.05) is 18.2 Å². The van der Waals surface area contributed by atoms with Crippen LogP contribution in [0, 0.1) is 6.92 Å². The first-order valence-corrected chi connectivity index (χ1v) is 6.52. The molecule has 0 radical (unpaired) electrons. The lowest BCUT2D eigenvalue weighted by molar-refractivity contribution is -0.166. The summed E-state index contributed by atoms with van der Waals surface area (Å²) in [6.07, 6.45) is -5.10. The number of benzene rings is 1. The summed E-state index contributed by atoms with van der Waals surface area (Å²) in [7, 11) is 0. The average Bonchev–Trinajstić information content (AvgIpc) is 3.16. The van der Waals surface area contributed by atoms with Crippen LogP contribution in [0.15, 0.2) is 24.3 Å². The SMILES string of the molecule is Cc1ccccc1OCC(O)CNC1(C(F)(F)F)CC1. The number of aliphatic hydroxyl groups is 1. The Kier molecular flexibility index (Phi) is 4.25. The zero-order valence-electron chi connectivity index (χ0n) is 11.2. The summed E-state index contributed by atoms with van der Waals surface area (Å²) in [5.74, 6) is 0.628. The molecular formula is C14H18F3NO2. The summed E-state index contributed by atoms with van der Waals surface area (Å²) < 4.78 is 43.4. The number of aryl methyl sites for hydroxylation is 1. The molecule has 1 unspecified atom stereocenters. The molecule has 0 amide bonds. The minimum atomic E-state index is -4.26. The van der Waals surface area contributed by atoms with Gasteiger partial charge in [-0.2, -0.15) is 13.2 Å². The summed E-state index contributed by atoms with van der Waals surface area (Å²) in [5, 5.41) is 12.1. The number of para-hydroxylation sites is 1. The van der Waals surface area contributed by atoms with E-state index in [2.05, 4.69) is 5.32 Å². The number of aliphatic hydroxyl groups excluding tert-OH is 1.